The van der Waals surface area contributed by atoms with Gasteiger partial charge in [-0.1, -0.05) is 35.9 Å². The summed E-state index contributed by atoms with van der Waals surface area (Å²) in [5.74, 6) is 1.23. The van der Waals surface area contributed by atoms with Gasteiger partial charge in [-0.3, -0.25) is 0 Å². The quantitative estimate of drug-likeness (QED) is 0.589. The second kappa shape index (κ2) is 6.45. The minimum Gasteiger partial charge on any atom is -0.508 e. The normalized spacial score (nSPS) is 10.9. The fraction of sp³-hybridized carbons (Fsp3) is 0.0526. The summed E-state index contributed by atoms with van der Waals surface area (Å²) >= 11 is 6.13. The zero-order valence-electron chi connectivity index (χ0n) is 13.1. The standard InChI is InChI=1S/C19H14ClN3O2/c20-16-3-1-2-4-17(16)25-19-10-9-18-21-12-14(23(18)22-19)11-13-5-7-15(24)8-6-13/h1-10,12,24H,11H2. The second-order valence-corrected chi connectivity index (χ2v) is 5.97. The zero-order chi connectivity index (χ0) is 17.2. The molecule has 0 saturated heterocycles. The van der Waals surface area contributed by atoms with Gasteiger partial charge in [0.25, 0.3) is 0 Å². The smallest absolute Gasteiger partial charge is 0.237 e. The molecule has 4 rings (SSSR count). The van der Waals surface area contributed by atoms with Gasteiger partial charge in [0, 0.05) is 12.5 Å². The average Bonchev–Trinajstić information content (AvgIpc) is 3.01. The van der Waals surface area contributed by atoms with Crippen molar-refractivity contribution in [2.24, 2.45) is 0 Å². The summed E-state index contributed by atoms with van der Waals surface area (Å²) in [5, 5.41) is 14.4. The summed E-state index contributed by atoms with van der Waals surface area (Å²) in [7, 11) is 0. The Morgan fingerprint density at radius 2 is 1.80 bits per heavy atom. The molecule has 2 aromatic carbocycles. The minimum absolute atomic E-state index is 0.246. The van der Waals surface area contributed by atoms with E-state index in [0.717, 1.165) is 16.9 Å². The number of imidazole rings is 1. The van der Waals surface area contributed by atoms with E-state index in [0.29, 0.717) is 23.1 Å². The summed E-state index contributed by atoms with van der Waals surface area (Å²) in [6.45, 7) is 0. The highest BCUT2D eigenvalue weighted by Crippen LogP contribution is 2.28. The van der Waals surface area contributed by atoms with Crippen molar-refractivity contribution >= 4 is 17.2 Å². The topological polar surface area (TPSA) is 59.7 Å². The van der Waals surface area contributed by atoms with E-state index >= 15 is 0 Å². The van der Waals surface area contributed by atoms with Gasteiger partial charge >= 0.3 is 0 Å². The first kappa shape index (κ1) is 15.5. The Balaban J connectivity index is 1.65. The summed E-state index contributed by atoms with van der Waals surface area (Å²) in [5.41, 5.74) is 2.71. The van der Waals surface area contributed by atoms with Crippen molar-refractivity contribution in [2.45, 2.75) is 6.42 Å². The van der Waals surface area contributed by atoms with Crippen LogP contribution in [0.2, 0.25) is 5.02 Å². The fourth-order valence-electron chi connectivity index (χ4n) is 2.54. The highest BCUT2D eigenvalue weighted by molar-refractivity contribution is 6.32. The Kier molecular flexibility index (Phi) is 3.99. The lowest BCUT2D eigenvalue weighted by Crippen LogP contribution is -2.00. The lowest BCUT2D eigenvalue weighted by molar-refractivity contribution is 0.452. The van der Waals surface area contributed by atoms with Crippen molar-refractivity contribution in [3.05, 3.63) is 83.1 Å². The third kappa shape index (κ3) is 3.27. The number of ether oxygens (including phenoxy) is 1. The molecule has 0 fully saturated rings. The molecule has 0 aliphatic carbocycles. The molecule has 1 N–H and O–H groups in total. The number of nitrogens with zero attached hydrogens (tertiary/aromatic N) is 3. The van der Waals surface area contributed by atoms with E-state index in [1.165, 1.54) is 0 Å². The number of phenolic OH excluding ortho intramolecular Hbond substituents is 1. The molecule has 0 radical (unpaired) electrons. The number of para-hydroxylation sites is 1. The van der Waals surface area contributed by atoms with E-state index in [-0.39, 0.29) is 5.75 Å². The fourth-order valence-corrected chi connectivity index (χ4v) is 2.72. The highest BCUT2D eigenvalue weighted by Gasteiger charge is 2.09. The van der Waals surface area contributed by atoms with Crippen molar-refractivity contribution in [2.75, 3.05) is 0 Å². The molecular formula is C19H14ClN3O2. The molecule has 0 aliphatic rings. The Morgan fingerprint density at radius 3 is 2.60 bits per heavy atom. The molecular weight excluding hydrogens is 338 g/mol. The molecule has 5 nitrogen and oxygen atoms in total. The lowest BCUT2D eigenvalue weighted by Gasteiger charge is -2.07. The second-order valence-electron chi connectivity index (χ2n) is 5.57. The van der Waals surface area contributed by atoms with Gasteiger partial charge < -0.3 is 9.84 Å². The Labute approximate surface area is 149 Å². The molecule has 0 saturated carbocycles. The first-order valence-corrected chi connectivity index (χ1v) is 8.11. The molecule has 0 atom stereocenters. The SMILES string of the molecule is Oc1ccc(Cc2cnc3ccc(Oc4ccccc4Cl)nn23)cc1. The number of aromatic hydroxyl groups is 1. The molecule has 2 heterocycles. The first-order valence-electron chi connectivity index (χ1n) is 7.73. The Bertz CT molecular complexity index is 1030. The van der Waals surface area contributed by atoms with E-state index in [1.807, 2.05) is 30.3 Å². The van der Waals surface area contributed by atoms with Gasteiger partial charge in [-0.05, 0) is 35.9 Å². The first-order chi connectivity index (χ1) is 12.2. The van der Waals surface area contributed by atoms with E-state index in [4.69, 9.17) is 16.3 Å². The number of fused-ring (bicyclic) bond motifs is 1. The zero-order valence-corrected chi connectivity index (χ0v) is 13.9. The average molecular weight is 352 g/mol. The van der Waals surface area contributed by atoms with Gasteiger partial charge in [-0.15, -0.1) is 5.10 Å². The predicted molar refractivity (Wildman–Crippen MR) is 95.4 cm³/mol. The molecule has 0 aliphatic heterocycles. The summed E-state index contributed by atoms with van der Waals surface area (Å²) < 4.78 is 7.53. The van der Waals surface area contributed by atoms with Crippen molar-refractivity contribution in [3.8, 4) is 17.4 Å². The number of halogens is 1. The van der Waals surface area contributed by atoms with Gasteiger partial charge in [0.05, 0.1) is 16.9 Å². The van der Waals surface area contributed by atoms with E-state index in [9.17, 15) is 5.11 Å². The van der Waals surface area contributed by atoms with Gasteiger partial charge in [0.1, 0.15) is 11.5 Å². The summed E-state index contributed by atoms with van der Waals surface area (Å²) in [4.78, 5) is 4.37. The molecule has 4 aromatic rings. The third-order valence-electron chi connectivity index (χ3n) is 3.78. The maximum absolute atomic E-state index is 9.40. The van der Waals surface area contributed by atoms with Crippen LogP contribution >= 0.6 is 11.6 Å². The maximum atomic E-state index is 9.40. The van der Waals surface area contributed by atoms with Gasteiger partial charge in [0.15, 0.2) is 5.65 Å². The van der Waals surface area contributed by atoms with Crippen molar-refractivity contribution in [1.82, 2.24) is 14.6 Å². The number of phenols is 1. The molecule has 0 bridgehead atoms. The van der Waals surface area contributed by atoms with Crippen molar-refractivity contribution in [1.29, 1.82) is 0 Å². The van der Waals surface area contributed by atoms with Crippen LogP contribution < -0.4 is 4.74 Å². The Morgan fingerprint density at radius 1 is 1.00 bits per heavy atom. The van der Waals surface area contributed by atoms with E-state index in [2.05, 4.69) is 10.1 Å². The van der Waals surface area contributed by atoms with Gasteiger partial charge in [0.2, 0.25) is 5.88 Å². The molecule has 6 heteroatoms. The number of benzene rings is 2. The molecule has 0 spiro atoms. The monoisotopic (exact) mass is 351 g/mol. The van der Waals surface area contributed by atoms with Crippen LogP contribution in [-0.4, -0.2) is 19.7 Å². The number of rotatable bonds is 4. The minimum atomic E-state index is 0.246. The van der Waals surface area contributed by atoms with Crippen molar-refractivity contribution in [3.63, 3.8) is 0 Å². The van der Waals surface area contributed by atoms with E-state index in [1.54, 1.807) is 41.0 Å². The Hall–Kier alpha value is -3.05. The van der Waals surface area contributed by atoms with Crippen LogP contribution in [0.4, 0.5) is 0 Å². The van der Waals surface area contributed by atoms with Gasteiger partial charge in [-0.2, -0.15) is 0 Å². The van der Waals surface area contributed by atoms with Gasteiger partial charge in [-0.25, -0.2) is 9.50 Å². The van der Waals surface area contributed by atoms with Crippen LogP contribution in [-0.2, 0) is 6.42 Å². The largest absolute Gasteiger partial charge is 0.508 e. The maximum Gasteiger partial charge on any atom is 0.237 e. The van der Waals surface area contributed by atoms with Crippen LogP contribution in [0.25, 0.3) is 5.65 Å². The number of aromatic nitrogens is 3. The molecule has 124 valence electrons. The van der Waals surface area contributed by atoms with Crippen LogP contribution in [0.5, 0.6) is 17.4 Å². The van der Waals surface area contributed by atoms with E-state index < -0.39 is 0 Å². The third-order valence-corrected chi connectivity index (χ3v) is 4.09. The predicted octanol–water partition coefficient (Wildman–Crippen LogP) is 4.47. The number of hydrogen-bond donors (Lipinski definition) is 1. The molecule has 0 unspecified atom stereocenters. The highest BCUT2D eigenvalue weighted by atomic mass is 35.5. The lowest BCUT2D eigenvalue weighted by atomic mass is 10.1. The number of hydrogen-bond acceptors (Lipinski definition) is 4. The van der Waals surface area contributed by atoms with Crippen LogP contribution in [0.1, 0.15) is 11.3 Å². The van der Waals surface area contributed by atoms with Crippen molar-refractivity contribution < 1.29 is 9.84 Å². The molecule has 0 amide bonds. The molecule has 2 aromatic heterocycles. The molecule has 25 heavy (non-hydrogen) atoms. The summed E-state index contributed by atoms with van der Waals surface area (Å²) in [6.07, 6.45) is 2.43. The summed E-state index contributed by atoms with van der Waals surface area (Å²) in [6, 6.07) is 17.9. The van der Waals surface area contributed by atoms with Crippen LogP contribution in [0.3, 0.4) is 0 Å². The van der Waals surface area contributed by atoms with Crippen LogP contribution in [0, 0.1) is 0 Å². The van der Waals surface area contributed by atoms with Crippen LogP contribution in [0.15, 0.2) is 66.9 Å².